The van der Waals surface area contributed by atoms with Crippen LogP contribution in [0.1, 0.15) is 36.1 Å². The Bertz CT molecular complexity index is 633. The third-order valence-corrected chi connectivity index (χ3v) is 6.04. The molecular weight excluding hydrogens is 280 g/mol. The van der Waals surface area contributed by atoms with E-state index in [0.29, 0.717) is 12.8 Å². The van der Waals surface area contributed by atoms with E-state index in [4.69, 9.17) is 0 Å². The molecule has 0 N–H and O–H groups in total. The Labute approximate surface area is 127 Å². The Morgan fingerprint density at radius 1 is 0.905 bits per heavy atom. The predicted octanol–water partition coefficient (Wildman–Crippen LogP) is 4.19. The van der Waals surface area contributed by atoms with Crippen molar-refractivity contribution in [1.29, 1.82) is 0 Å². The standard InChI is InChI=1S/C18H22O2S/c1-2-18(17-13-7-4-8-14-17)21(19,20)15-9-12-16-10-5-3-6-11-16/h3-8,10-11,13-14,18H,2,9,12,15H2,1H3. The smallest absolute Gasteiger partial charge is 0.157 e. The molecule has 2 rings (SSSR count). The van der Waals surface area contributed by atoms with Gasteiger partial charge in [-0.05, 0) is 30.4 Å². The zero-order valence-electron chi connectivity index (χ0n) is 12.4. The van der Waals surface area contributed by atoms with Crippen LogP contribution in [0.2, 0.25) is 0 Å². The molecule has 0 saturated heterocycles. The highest BCUT2D eigenvalue weighted by atomic mass is 32.2. The fourth-order valence-electron chi connectivity index (χ4n) is 2.63. The summed E-state index contributed by atoms with van der Waals surface area (Å²) in [6.45, 7) is 1.94. The molecule has 0 fully saturated rings. The van der Waals surface area contributed by atoms with Crippen LogP contribution in [-0.2, 0) is 16.3 Å². The Morgan fingerprint density at radius 2 is 1.48 bits per heavy atom. The van der Waals surface area contributed by atoms with Crippen LogP contribution in [0.3, 0.4) is 0 Å². The number of benzene rings is 2. The fourth-order valence-corrected chi connectivity index (χ4v) is 4.54. The third-order valence-electron chi connectivity index (χ3n) is 3.71. The van der Waals surface area contributed by atoms with E-state index in [9.17, 15) is 8.42 Å². The molecule has 0 amide bonds. The van der Waals surface area contributed by atoms with Crippen LogP contribution >= 0.6 is 0 Å². The van der Waals surface area contributed by atoms with Crippen molar-refractivity contribution in [3.05, 3.63) is 71.8 Å². The molecule has 0 heterocycles. The largest absolute Gasteiger partial charge is 0.228 e. The first-order valence-electron chi connectivity index (χ1n) is 7.44. The Balaban J connectivity index is 2.00. The summed E-state index contributed by atoms with van der Waals surface area (Å²) in [4.78, 5) is 0. The van der Waals surface area contributed by atoms with Crippen LogP contribution in [0.25, 0.3) is 0 Å². The summed E-state index contributed by atoms with van der Waals surface area (Å²) < 4.78 is 25.1. The Morgan fingerprint density at radius 3 is 2.05 bits per heavy atom. The summed E-state index contributed by atoms with van der Waals surface area (Å²) >= 11 is 0. The summed E-state index contributed by atoms with van der Waals surface area (Å²) in [5, 5.41) is -0.380. The maximum absolute atomic E-state index is 12.6. The molecule has 2 aromatic rings. The van der Waals surface area contributed by atoms with Gasteiger partial charge in [0.2, 0.25) is 0 Å². The van der Waals surface area contributed by atoms with Crippen molar-refractivity contribution in [3.8, 4) is 0 Å². The van der Waals surface area contributed by atoms with Crippen molar-refractivity contribution >= 4 is 9.84 Å². The van der Waals surface area contributed by atoms with Crippen LogP contribution in [-0.4, -0.2) is 14.2 Å². The molecule has 0 aliphatic heterocycles. The van der Waals surface area contributed by atoms with Crippen molar-refractivity contribution in [2.45, 2.75) is 31.4 Å². The first kappa shape index (κ1) is 15.8. The van der Waals surface area contributed by atoms with Crippen molar-refractivity contribution < 1.29 is 8.42 Å². The lowest BCUT2D eigenvalue weighted by atomic mass is 10.1. The molecule has 2 aromatic carbocycles. The van der Waals surface area contributed by atoms with E-state index < -0.39 is 9.84 Å². The maximum atomic E-state index is 12.6. The van der Waals surface area contributed by atoms with Crippen molar-refractivity contribution in [1.82, 2.24) is 0 Å². The van der Waals surface area contributed by atoms with E-state index in [1.165, 1.54) is 5.56 Å². The Hall–Kier alpha value is -1.61. The van der Waals surface area contributed by atoms with Crippen LogP contribution < -0.4 is 0 Å². The number of hydrogen-bond acceptors (Lipinski definition) is 2. The number of sulfone groups is 1. The van der Waals surface area contributed by atoms with E-state index in [1.54, 1.807) is 0 Å². The number of hydrogen-bond donors (Lipinski definition) is 0. The summed E-state index contributed by atoms with van der Waals surface area (Å²) in [6.07, 6.45) is 2.11. The minimum atomic E-state index is -3.10. The summed E-state index contributed by atoms with van der Waals surface area (Å²) in [5.41, 5.74) is 2.10. The van der Waals surface area contributed by atoms with Gasteiger partial charge < -0.3 is 0 Å². The van der Waals surface area contributed by atoms with Crippen LogP contribution in [0, 0.1) is 0 Å². The van der Waals surface area contributed by atoms with E-state index in [1.807, 2.05) is 67.6 Å². The molecule has 112 valence electrons. The lowest BCUT2D eigenvalue weighted by Crippen LogP contribution is -2.17. The topological polar surface area (TPSA) is 34.1 Å². The van der Waals surface area contributed by atoms with E-state index in [2.05, 4.69) is 0 Å². The number of rotatable bonds is 7. The third kappa shape index (κ3) is 4.43. The quantitative estimate of drug-likeness (QED) is 0.768. The van der Waals surface area contributed by atoms with Crippen LogP contribution in [0.5, 0.6) is 0 Å². The molecule has 0 aromatic heterocycles. The molecule has 3 heteroatoms. The minimum absolute atomic E-state index is 0.245. The highest BCUT2D eigenvalue weighted by Gasteiger charge is 2.24. The van der Waals surface area contributed by atoms with Gasteiger partial charge in [-0.25, -0.2) is 8.42 Å². The Kier molecular flexibility index (Phi) is 5.57. The van der Waals surface area contributed by atoms with E-state index in [0.717, 1.165) is 12.0 Å². The van der Waals surface area contributed by atoms with Gasteiger partial charge in [0.05, 0.1) is 11.0 Å². The zero-order valence-corrected chi connectivity index (χ0v) is 13.2. The second kappa shape index (κ2) is 7.41. The zero-order chi connectivity index (χ0) is 15.1. The maximum Gasteiger partial charge on any atom is 0.157 e. The van der Waals surface area contributed by atoms with Gasteiger partial charge in [0.1, 0.15) is 0 Å². The van der Waals surface area contributed by atoms with Gasteiger partial charge in [0.15, 0.2) is 9.84 Å². The van der Waals surface area contributed by atoms with Gasteiger partial charge in [-0.1, -0.05) is 67.6 Å². The second-order valence-corrected chi connectivity index (χ2v) is 7.57. The van der Waals surface area contributed by atoms with E-state index in [-0.39, 0.29) is 11.0 Å². The number of aryl methyl sites for hydroxylation is 1. The van der Waals surface area contributed by atoms with Crippen LogP contribution in [0.4, 0.5) is 0 Å². The summed E-state index contributed by atoms with van der Waals surface area (Å²) in [5.74, 6) is 0.245. The molecule has 21 heavy (non-hydrogen) atoms. The van der Waals surface area contributed by atoms with Crippen molar-refractivity contribution in [2.75, 3.05) is 5.75 Å². The van der Waals surface area contributed by atoms with Crippen molar-refractivity contribution in [3.63, 3.8) is 0 Å². The lowest BCUT2D eigenvalue weighted by Gasteiger charge is -2.16. The first-order chi connectivity index (χ1) is 10.1. The van der Waals surface area contributed by atoms with Gasteiger partial charge in [-0.2, -0.15) is 0 Å². The second-order valence-electron chi connectivity index (χ2n) is 5.26. The fraction of sp³-hybridized carbons (Fsp3) is 0.333. The highest BCUT2D eigenvalue weighted by molar-refractivity contribution is 7.91. The van der Waals surface area contributed by atoms with Crippen LogP contribution in [0.15, 0.2) is 60.7 Å². The molecule has 2 nitrogen and oxygen atoms in total. The first-order valence-corrected chi connectivity index (χ1v) is 9.15. The average molecular weight is 302 g/mol. The van der Waals surface area contributed by atoms with E-state index >= 15 is 0 Å². The monoisotopic (exact) mass is 302 g/mol. The molecule has 0 spiro atoms. The molecular formula is C18H22O2S. The molecule has 0 radical (unpaired) electrons. The molecule has 0 bridgehead atoms. The molecule has 0 saturated carbocycles. The predicted molar refractivity (Wildman–Crippen MR) is 88.0 cm³/mol. The van der Waals surface area contributed by atoms with Gasteiger partial charge in [0.25, 0.3) is 0 Å². The van der Waals surface area contributed by atoms with Gasteiger partial charge in [-0.3, -0.25) is 0 Å². The van der Waals surface area contributed by atoms with Gasteiger partial charge in [0, 0.05) is 0 Å². The molecule has 0 aliphatic carbocycles. The molecule has 1 atom stereocenters. The summed E-state index contributed by atoms with van der Waals surface area (Å²) in [7, 11) is -3.10. The van der Waals surface area contributed by atoms with Crippen molar-refractivity contribution in [2.24, 2.45) is 0 Å². The SMILES string of the molecule is CCC(c1ccccc1)S(=O)(=O)CCCc1ccccc1. The highest BCUT2D eigenvalue weighted by Crippen LogP contribution is 2.27. The van der Waals surface area contributed by atoms with Gasteiger partial charge in [-0.15, -0.1) is 0 Å². The lowest BCUT2D eigenvalue weighted by molar-refractivity contribution is 0.576. The minimum Gasteiger partial charge on any atom is -0.228 e. The van der Waals surface area contributed by atoms with Gasteiger partial charge >= 0.3 is 0 Å². The average Bonchev–Trinajstić information content (AvgIpc) is 2.49. The molecule has 0 aliphatic rings. The normalized spacial score (nSPS) is 13.0. The summed E-state index contributed by atoms with van der Waals surface area (Å²) in [6, 6.07) is 19.6. The molecule has 1 unspecified atom stereocenters.